The third-order valence-electron chi connectivity index (χ3n) is 5.89. The molecule has 330 valence electrons. The van der Waals surface area contributed by atoms with Crippen LogP contribution in [0.25, 0.3) is 127 Å². The number of ether oxygens (including phenoxy) is 1. The minimum Gasteiger partial charge on any atom is -0.693 e. The molecule has 0 bridgehead atoms. The van der Waals surface area contributed by atoms with E-state index in [-0.39, 0.29) is 127 Å². The zero-order valence-corrected chi connectivity index (χ0v) is 35.2. The molecule has 0 saturated carbocycles. The molecule has 7 rings (SSSR count). The number of aromatic nitrogens is 6. The third-order valence-corrected chi connectivity index (χ3v) is 5.89. The summed E-state index contributed by atoms with van der Waals surface area (Å²) in [4.78, 5) is 44.2. The number of fused-ring (bicyclic) bond motifs is 12. The Balaban J connectivity index is -0.0000000525. The van der Waals surface area contributed by atoms with Gasteiger partial charge in [0.25, 0.3) is 0 Å². The van der Waals surface area contributed by atoms with Crippen LogP contribution in [-0.4, -0.2) is 68.9 Å². The van der Waals surface area contributed by atoms with Crippen LogP contribution in [-0.2, 0) is 53.3 Å². The normalized spacial score (nSPS) is 7.28. The summed E-state index contributed by atoms with van der Waals surface area (Å²) in [5, 5.41) is 11.7. The first-order valence-corrected chi connectivity index (χ1v) is 13.6. The molecule has 7 aromatic rings. The van der Waals surface area contributed by atoms with E-state index in [9.17, 15) is 0 Å². The number of rotatable bonds is 2. The first kappa shape index (κ1) is 94.6. The topological polar surface area (TPSA) is 476 Å². The second-order valence-corrected chi connectivity index (χ2v) is 7.93. The van der Waals surface area contributed by atoms with Gasteiger partial charge in [-0.15, -0.1) is 0 Å². The van der Waals surface area contributed by atoms with Crippen LogP contribution in [0.15, 0.2) is 73.3 Å². The maximum atomic E-state index is 7.94. The van der Waals surface area contributed by atoms with E-state index in [0.717, 1.165) is 65.7 Å². The van der Waals surface area contributed by atoms with Gasteiger partial charge in [0, 0.05) is 53.4 Å². The van der Waals surface area contributed by atoms with Gasteiger partial charge in [0.15, 0.2) is 0 Å². The number of methoxy groups -OCH3 is 1. The average Bonchev–Trinajstić information content (AvgIpc) is 3.12. The van der Waals surface area contributed by atoms with Gasteiger partial charge in [-0.1, -0.05) is 42.5 Å². The minimum atomic E-state index is 0. The number of pyridine rings is 4. The number of nitrogens with two attached hydrogens (primary N) is 10. The van der Waals surface area contributed by atoms with E-state index in [4.69, 9.17) is 24.7 Å². The van der Waals surface area contributed by atoms with E-state index in [2.05, 4.69) is 38.3 Å². The van der Waals surface area contributed by atoms with Crippen molar-refractivity contribution in [3.8, 4) is 0 Å². The Morgan fingerprint density at radius 1 is 0.466 bits per heavy atom. The molecule has 0 spiro atoms. The Kier molecular flexibility index (Phi) is 82.8. The summed E-state index contributed by atoms with van der Waals surface area (Å²) >= 11 is 0. The predicted molar refractivity (Wildman–Crippen MR) is 242 cm³/mol. The quantitative estimate of drug-likeness (QED) is 0.0560. The number of hydrogen-bond acceptors (Lipinski definition) is 10. The van der Waals surface area contributed by atoms with Crippen molar-refractivity contribution in [2.24, 2.45) is 0 Å². The molecule has 0 atom stereocenters. The second-order valence-electron chi connectivity index (χ2n) is 7.93. The van der Waals surface area contributed by atoms with Crippen LogP contribution in [0, 0.1) is 0 Å². The summed E-state index contributed by atoms with van der Waals surface area (Å²) < 4.78 is 4.44. The van der Waals surface area contributed by atoms with Gasteiger partial charge in [0.1, 0.15) is 0 Å². The number of aliphatic hydroxyl groups excluding tert-OH is 1. The summed E-state index contributed by atoms with van der Waals surface area (Å²) in [6.45, 7) is 15.1. The fraction of sp³-hybridized carbons (Fsp3) is 0.257. The van der Waals surface area contributed by atoms with Crippen LogP contribution in [0.2, 0.25) is 0 Å². The molecule has 0 aliphatic heterocycles. The Morgan fingerprint density at radius 3 is 0.793 bits per heavy atom. The zero-order valence-electron chi connectivity index (χ0n) is 31.7. The van der Waals surface area contributed by atoms with Crippen LogP contribution in [0.4, 0.5) is 4.70 Å². The van der Waals surface area contributed by atoms with Crippen LogP contribution in [0.5, 0.6) is 0 Å². The van der Waals surface area contributed by atoms with Crippen LogP contribution < -0.4 is 0 Å². The molecule has 0 aliphatic carbocycles. The van der Waals surface area contributed by atoms with E-state index in [1.54, 1.807) is 31.9 Å². The monoisotopic (exact) mass is 994 g/mol. The number of hydrogen-bond donors (Lipinski definition) is 1. The number of aliphatic hydroxyl groups is 1. The van der Waals surface area contributed by atoms with Gasteiger partial charge in [-0.3, -0.25) is 38.2 Å². The molecule has 5 aromatic heterocycles. The molecule has 0 amide bonds. The van der Waals surface area contributed by atoms with Gasteiger partial charge in [-0.25, -0.2) is 9.97 Å². The number of carbonyl (C=O) groups excluding carboxylic acids is 2. The summed E-state index contributed by atoms with van der Waals surface area (Å²) in [5.41, 5.74) is 6.61. The summed E-state index contributed by atoms with van der Waals surface area (Å²) in [6, 6.07) is 15.8. The van der Waals surface area contributed by atoms with Crippen molar-refractivity contribution < 1.29 is 63.1 Å². The molecular weight excluding hydrogens is 930 g/mol. The van der Waals surface area contributed by atoms with Crippen molar-refractivity contribution in [1.82, 2.24) is 29.9 Å². The molecule has 0 aliphatic rings. The van der Waals surface area contributed by atoms with Crippen LogP contribution >= 0.6 is 0 Å². The van der Waals surface area contributed by atoms with Crippen molar-refractivity contribution in [1.29, 1.82) is 0 Å². The van der Waals surface area contributed by atoms with E-state index in [1.807, 2.05) is 76.2 Å². The molecule has 23 heteroatoms. The molecular formula is C35H63FN16O4Ru2. The Hall–Kier alpha value is -4.28. The summed E-state index contributed by atoms with van der Waals surface area (Å²) in [7, 11) is 1.55. The van der Waals surface area contributed by atoms with Gasteiger partial charge >= 0.3 is 39.0 Å². The third kappa shape index (κ3) is 19.9. The fourth-order valence-electron chi connectivity index (χ4n) is 4.42. The number of halogens is 1. The number of nitrogens with zero attached hydrogens (tertiary/aromatic N) is 6. The second kappa shape index (κ2) is 50.7. The van der Waals surface area contributed by atoms with Gasteiger partial charge in [0.2, 0.25) is 0 Å². The fourth-order valence-corrected chi connectivity index (χ4v) is 4.42. The maximum Gasteiger partial charge on any atom is 6.00 e. The zero-order chi connectivity index (χ0) is 31.8. The van der Waals surface area contributed by atoms with Gasteiger partial charge < -0.3 is 80.9 Å². The minimum absolute atomic E-state index is 0. The molecule has 0 fully saturated rings. The van der Waals surface area contributed by atoms with E-state index in [0.29, 0.717) is 6.61 Å². The van der Waals surface area contributed by atoms with Crippen LogP contribution in [0.3, 0.4) is 0 Å². The van der Waals surface area contributed by atoms with E-state index < -0.39 is 0 Å². The van der Waals surface area contributed by atoms with E-state index >= 15 is 0 Å². The van der Waals surface area contributed by atoms with Gasteiger partial charge in [0.05, 0.1) is 57.3 Å². The van der Waals surface area contributed by atoms with Crippen LogP contribution in [0.1, 0.15) is 42.5 Å². The first-order valence-electron chi connectivity index (χ1n) is 13.6. The SMILES string of the molecule is C.C.CC.CC.COCCO.F.[CH-]=O.[CH-]=O.[NH2-].[NH2-].[NH2-].[NH2-].[NH2-].[NH2-].[NH2-].[NH2-].[NH2-].[NH2-].[Ru+6].[Ru+6].c1cnc2c(c1)c1nc3c4cccnc4c4ncccc4c3nc1c1cccnc12. The van der Waals surface area contributed by atoms with Crippen molar-refractivity contribution in [2.45, 2.75) is 42.5 Å². The molecule has 5 heterocycles. The molecule has 2 aromatic carbocycles. The van der Waals surface area contributed by atoms with E-state index in [1.165, 1.54) is 0 Å². The van der Waals surface area contributed by atoms with Crippen molar-refractivity contribution >= 4 is 79.3 Å². The Bertz CT molecular complexity index is 1690. The van der Waals surface area contributed by atoms with Gasteiger partial charge in [-0.05, 0) is 48.5 Å². The first-order chi connectivity index (χ1) is 21.3. The smallest absolute Gasteiger partial charge is 0.693 e. The molecule has 0 unspecified atom stereocenters. The Labute approximate surface area is 368 Å². The predicted octanol–water partition coefficient (Wildman–Crippen LogP) is 14.7. The summed E-state index contributed by atoms with van der Waals surface area (Å²) in [5.74, 6) is 0. The van der Waals surface area contributed by atoms with Crippen molar-refractivity contribution in [2.75, 3.05) is 20.3 Å². The average molecular weight is 993 g/mol. The molecule has 58 heavy (non-hydrogen) atoms. The van der Waals surface area contributed by atoms with Gasteiger partial charge in [-0.2, -0.15) is 0 Å². The molecule has 20 nitrogen and oxygen atoms in total. The molecule has 21 N–H and O–H groups in total. The Morgan fingerprint density at radius 2 is 0.655 bits per heavy atom. The molecule has 0 radical (unpaired) electrons. The standard InChI is InChI=1S/C24H12N6.C3H8O2.2C2H6.2CHO.2CH4.FH.10H2N.2Ru/c1-5-13-17(25-9-1)18-14(6-2-10-26-18)22-21(13)29-23-15-7-3-11-27-19(15)20-16(24(23)30-22)8-4-12-28-20;1-5-3-2-4;4*1-2;;;;;;;;;;;;;;;/h1-12H;4H,2-3H2,1H3;2*1-2H3;2*1H;2*1H4;1H;10*1H2;;/q;;;;2*-1;;;;10*-1;2*+6. The van der Waals surface area contributed by atoms with Crippen molar-refractivity contribution in [3.05, 3.63) is 135 Å². The maximum absolute atomic E-state index is 7.94. The van der Waals surface area contributed by atoms with Crippen molar-refractivity contribution in [3.63, 3.8) is 0 Å². The molecule has 0 saturated heterocycles. The number of benzene rings is 2. The largest absolute Gasteiger partial charge is 6.00 e. The summed E-state index contributed by atoms with van der Waals surface area (Å²) in [6.07, 6.45) is 7.15.